The molecule has 0 spiro atoms. The van der Waals surface area contributed by atoms with Gasteiger partial charge in [-0.1, -0.05) is 11.8 Å². The van der Waals surface area contributed by atoms with Crippen molar-refractivity contribution in [2.24, 2.45) is 0 Å². The summed E-state index contributed by atoms with van der Waals surface area (Å²) in [6.07, 6.45) is 1.34. The van der Waals surface area contributed by atoms with Gasteiger partial charge in [0.1, 0.15) is 11.3 Å². The molecular weight excluding hydrogens is 290 g/mol. The number of carbonyl (C=O) groups is 1. The average Bonchev–Trinajstić information content (AvgIpc) is 2.98. The Balaban J connectivity index is 1.84. The van der Waals surface area contributed by atoms with Crippen molar-refractivity contribution in [3.63, 3.8) is 0 Å². The number of benzene rings is 1. The molecule has 1 aromatic carbocycles. The fourth-order valence-corrected chi connectivity index (χ4v) is 2.96. The lowest BCUT2D eigenvalue weighted by Gasteiger charge is -2.07. The Morgan fingerprint density at radius 2 is 2.14 bits per heavy atom. The second kappa shape index (κ2) is 5.61. The third-order valence-corrected chi connectivity index (χ3v) is 4.12. The highest BCUT2D eigenvalue weighted by Gasteiger charge is 2.19. The van der Waals surface area contributed by atoms with Crippen LogP contribution in [0.2, 0.25) is 0 Å². The zero-order chi connectivity index (χ0) is 14.8. The molecule has 1 aliphatic heterocycles. The van der Waals surface area contributed by atoms with E-state index in [-0.39, 0.29) is 11.1 Å². The molecule has 2 aromatic rings. The molecule has 108 valence electrons. The minimum absolute atomic E-state index is 0.0528. The summed E-state index contributed by atoms with van der Waals surface area (Å²) in [5, 5.41) is 3.35. The number of rotatable bonds is 3. The van der Waals surface area contributed by atoms with E-state index >= 15 is 0 Å². The van der Waals surface area contributed by atoms with E-state index < -0.39 is 5.91 Å². The van der Waals surface area contributed by atoms with Crippen LogP contribution < -0.4 is 15.6 Å². The van der Waals surface area contributed by atoms with Crippen LogP contribution in [0.4, 0.5) is 5.69 Å². The van der Waals surface area contributed by atoms with Crippen molar-refractivity contribution >= 4 is 23.4 Å². The molecular formula is C14H13N3O3S. The minimum atomic E-state index is -0.454. The predicted octanol–water partition coefficient (Wildman–Crippen LogP) is 1.61. The summed E-state index contributed by atoms with van der Waals surface area (Å²) in [5.41, 5.74) is 0.355. The number of ether oxygens (including phenoxy) is 1. The summed E-state index contributed by atoms with van der Waals surface area (Å²) >= 11 is 1.52. The van der Waals surface area contributed by atoms with Crippen molar-refractivity contribution in [2.75, 3.05) is 18.2 Å². The van der Waals surface area contributed by atoms with E-state index in [0.29, 0.717) is 23.1 Å². The maximum absolute atomic E-state index is 12.2. The number of carbonyl (C=O) groups excluding carboxylic acids is 1. The van der Waals surface area contributed by atoms with E-state index in [1.54, 1.807) is 31.4 Å². The first-order valence-electron chi connectivity index (χ1n) is 6.37. The molecule has 3 rings (SSSR count). The predicted molar refractivity (Wildman–Crippen MR) is 80.2 cm³/mol. The van der Waals surface area contributed by atoms with Gasteiger partial charge in [0.15, 0.2) is 5.16 Å². The van der Waals surface area contributed by atoms with Crippen LogP contribution in [0.3, 0.4) is 0 Å². The monoisotopic (exact) mass is 303 g/mol. The highest BCUT2D eigenvalue weighted by Crippen LogP contribution is 2.21. The third-order valence-electron chi connectivity index (χ3n) is 3.15. The molecule has 0 aliphatic carbocycles. The van der Waals surface area contributed by atoms with Gasteiger partial charge in [0, 0.05) is 24.2 Å². The van der Waals surface area contributed by atoms with Gasteiger partial charge in [0.05, 0.1) is 7.11 Å². The summed E-state index contributed by atoms with van der Waals surface area (Å²) in [6.45, 7) is 0.593. The number of amides is 1. The number of thioether (sulfide) groups is 1. The lowest BCUT2D eigenvalue weighted by Crippen LogP contribution is -2.29. The highest BCUT2D eigenvalue weighted by molar-refractivity contribution is 7.99. The second-order valence-corrected chi connectivity index (χ2v) is 5.50. The van der Waals surface area contributed by atoms with Gasteiger partial charge in [-0.25, -0.2) is 4.98 Å². The number of methoxy groups -OCH3 is 1. The topological polar surface area (TPSA) is 73.2 Å². The molecule has 21 heavy (non-hydrogen) atoms. The Morgan fingerprint density at radius 3 is 2.86 bits per heavy atom. The van der Waals surface area contributed by atoms with E-state index in [0.717, 1.165) is 5.75 Å². The van der Waals surface area contributed by atoms with Crippen LogP contribution in [0.25, 0.3) is 0 Å². The number of aromatic nitrogens is 2. The Kier molecular flexibility index (Phi) is 3.66. The molecule has 0 saturated carbocycles. The second-order valence-electron chi connectivity index (χ2n) is 4.44. The first kappa shape index (κ1) is 13.7. The number of anilines is 1. The van der Waals surface area contributed by atoms with Crippen LogP contribution in [0.5, 0.6) is 5.75 Å². The highest BCUT2D eigenvalue weighted by atomic mass is 32.2. The minimum Gasteiger partial charge on any atom is -0.497 e. The Labute approximate surface area is 125 Å². The lowest BCUT2D eigenvalue weighted by atomic mass is 10.2. The molecule has 1 aromatic heterocycles. The molecule has 1 amide bonds. The summed E-state index contributed by atoms with van der Waals surface area (Å²) in [4.78, 5) is 28.6. The van der Waals surface area contributed by atoms with Crippen molar-refractivity contribution < 1.29 is 9.53 Å². The van der Waals surface area contributed by atoms with Gasteiger partial charge in [-0.2, -0.15) is 0 Å². The first-order valence-corrected chi connectivity index (χ1v) is 7.35. The molecule has 0 fully saturated rings. The normalized spacial score (nSPS) is 12.8. The van der Waals surface area contributed by atoms with Crippen LogP contribution in [0.1, 0.15) is 10.4 Å². The Bertz CT molecular complexity index is 740. The lowest BCUT2D eigenvalue weighted by molar-refractivity contribution is 0.102. The first-order chi connectivity index (χ1) is 10.2. The van der Waals surface area contributed by atoms with Gasteiger partial charge in [0.2, 0.25) is 0 Å². The number of hydrogen-bond donors (Lipinski definition) is 1. The summed E-state index contributed by atoms with van der Waals surface area (Å²) in [5.74, 6) is 1.06. The molecule has 0 radical (unpaired) electrons. The molecule has 0 atom stereocenters. The zero-order valence-electron chi connectivity index (χ0n) is 11.3. The number of hydrogen-bond acceptors (Lipinski definition) is 5. The molecule has 0 bridgehead atoms. The van der Waals surface area contributed by atoms with Crippen molar-refractivity contribution in [3.8, 4) is 5.75 Å². The van der Waals surface area contributed by atoms with Crippen LogP contribution >= 0.6 is 11.8 Å². The van der Waals surface area contributed by atoms with Gasteiger partial charge in [-0.05, 0) is 24.3 Å². The number of nitrogens with zero attached hydrogens (tertiary/aromatic N) is 2. The molecule has 6 nitrogen and oxygen atoms in total. The van der Waals surface area contributed by atoms with Crippen molar-refractivity contribution in [3.05, 3.63) is 46.4 Å². The van der Waals surface area contributed by atoms with Gasteiger partial charge < -0.3 is 10.1 Å². The summed E-state index contributed by atoms with van der Waals surface area (Å²) in [6, 6.07) is 6.90. The quantitative estimate of drug-likeness (QED) is 0.872. The fraction of sp³-hybridized carbons (Fsp3) is 0.214. The molecule has 2 heterocycles. The van der Waals surface area contributed by atoms with Crippen molar-refractivity contribution in [2.45, 2.75) is 11.7 Å². The smallest absolute Gasteiger partial charge is 0.267 e. The van der Waals surface area contributed by atoms with Gasteiger partial charge in [-0.3, -0.25) is 14.2 Å². The van der Waals surface area contributed by atoms with Crippen LogP contribution in [0, 0.1) is 0 Å². The molecule has 1 aliphatic rings. The molecule has 7 heteroatoms. The maximum atomic E-state index is 12.2. The van der Waals surface area contributed by atoms with Gasteiger partial charge in [0.25, 0.3) is 11.5 Å². The van der Waals surface area contributed by atoms with Gasteiger partial charge in [-0.15, -0.1) is 0 Å². The summed E-state index contributed by atoms with van der Waals surface area (Å²) in [7, 11) is 1.57. The number of fused-ring (bicyclic) bond motifs is 1. The van der Waals surface area contributed by atoms with Crippen LogP contribution in [-0.2, 0) is 6.54 Å². The van der Waals surface area contributed by atoms with E-state index in [9.17, 15) is 9.59 Å². The van der Waals surface area contributed by atoms with Crippen molar-refractivity contribution in [1.29, 1.82) is 0 Å². The van der Waals surface area contributed by atoms with Crippen molar-refractivity contribution in [1.82, 2.24) is 9.55 Å². The average molecular weight is 303 g/mol. The van der Waals surface area contributed by atoms with Crippen LogP contribution in [0.15, 0.2) is 40.4 Å². The fourth-order valence-electron chi connectivity index (χ4n) is 2.05. The SMILES string of the molecule is COc1ccc(NC(=O)c2cnc3n(c2=O)CCS3)cc1. The zero-order valence-corrected chi connectivity index (χ0v) is 12.1. The summed E-state index contributed by atoms with van der Waals surface area (Å²) < 4.78 is 6.59. The van der Waals surface area contributed by atoms with Crippen LogP contribution in [-0.4, -0.2) is 28.3 Å². The maximum Gasteiger partial charge on any atom is 0.267 e. The van der Waals surface area contributed by atoms with E-state index in [2.05, 4.69) is 10.3 Å². The van der Waals surface area contributed by atoms with Gasteiger partial charge >= 0.3 is 0 Å². The Morgan fingerprint density at radius 1 is 1.38 bits per heavy atom. The van der Waals surface area contributed by atoms with E-state index in [4.69, 9.17) is 4.74 Å². The molecule has 1 N–H and O–H groups in total. The Hall–Kier alpha value is -2.28. The molecule has 0 saturated heterocycles. The third kappa shape index (κ3) is 2.64. The largest absolute Gasteiger partial charge is 0.497 e. The number of nitrogens with one attached hydrogen (secondary N) is 1. The standard InChI is InChI=1S/C14H13N3O3S/c1-20-10-4-2-9(3-5-10)16-12(18)11-8-15-14-17(13(11)19)6-7-21-14/h2-5,8H,6-7H2,1H3,(H,16,18). The molecule has 0 unspecified atom stereocenters. The van der Waals surface area contributed by atoms with E-state index in [1.807, 2.05) is 0 Å². The van der Waals surface area contributed by atoms with E-state index in [1.165, 1.54) is 22.5 Å².